The Bertz CT molecular complexity index is 1130. The number of aryl methyl sites for hydroxylation is 2. The van der Waals surface area contributed by atoms with Crippen molar-refractivity contribution in [3.8, 4) is 17.2 Å². The van der Waals surface area contributed by atoms with Crippen molar-refractivity contribution in [3.05, 3.63) is 77.4 Å². The Kier molecular flexibility index (Phi) is 4.46. The van der Waals surface area contributed by atoms with Crippen LogP contribution in [0.2, 0.25) is 0 Å². The Labute approximate surface area is 160 Å². The van der Waals surface area contributed by atoms with Crippen LogP contribution in [0.15, 0.2) is 70.0 Å². The normalized spacial score (nSPS) is 11.0. The predicted molar refractivity (Wildman–Crippen MR) is 107 cm³/mol. The first-order valence-corrected chi connectivity index (χ1v) is 9.31. The van der Waals surface area contributed by atoms with Crippen molar-refractivity contribution in [2.24, 2.45) is 0 Å². The molecule has 0 spiro atoms. The highest BCUT2D eigenvalue weighted by Crippen LogP contribution is 2.31. The number of phenols is 1. The van der Waals surface area contributed by atoms with Crippen molar-refractivity contribution < 1.29 is 14.3 Å². The van der Waals surface area contributed by atoms with Gasteiger partial charge in [-0.25, -0.2) is 4.98 Å². The van der Waals surface area contributed by atoms with Crippen molar-refractivity contribution in [3.63, 3.8) is 0 Å². The van der Waals surface area contributed by atoms with E-state index in [1.807, 2.05) is 56.3 Å². The zero-order chi connectivity index (χ0) is 19.0. The standard InChI is InChI=1S/C22H17NO3S/c1-13-10-16(11-14(2)20(13)24)21-23-18-9-8-15(12-19(18)26-21)22(25)27-17-6-4-3-5-7-17/h3-12,24H,1-2H3. The molecule has 1 aromatic heterocycles. The van der Waals surface area contributed by atoms with Crippen LogP contribution in [0.3, 0.4) is 0 Å². The van der Waals surface area contributed by atoms with Gasteiger partial charge in [0.15, 0.2) is 5.58 Å². The van der Waals surface area contributed by atoms with Crippen molar-refractivity contribution in [2.75, 3.05) is 0 Å². The molecule has 0 saturated heterocycles. The molecular formula is C22H17NO3S. The third-order valence-corrected chi connectivity index (χ3v) is 5.24. The van der Waals surface area contributed by atoms with E-state index in [-0.39, 0.29) is 10.9 Å². The summed E-state index contributed by atoms with van der Waals surface area (Å²) < 4.78 is 5.89. The summed E-state index contributed by atoms with van der Waals surface area (Å²) in [7, 11) is 0. The third kappa shape index (κ3) is 3.46. The molecule has 0 fully saturated rings. The average molecular weight is 375 g/mol. The average Bonchev–Trinajstić information content (AvgIpc) is 3.10. The van der Waals surface area contributed by atoms with Crippen LogP contribution in [0.5, 0.6) is 5.75 Å². The molecule has 0 aliphatic carbocycles. The van der Waals surface area contributed by atoms with E-state index in [1.54, 1.807) is 18.2 Å². The van der Waals surface area contributed by atoms with E-state index in [2.05, 4.69) is 4.98 Å². The van der Waals surface area contributed by atoms with Crippen LogP contribution in [0.1, 0.15) is 21.5 Å². The van der Waals surface area contributed by atoms with Crippen molar-refractivity contribution >= 4 is 28.0 Å². The second-order valence-corrected chi connectivity index (χ2v) is 7.41. The number of benzene rings is 3. The quantitative estimate of drug-likeness (QED) is 0.462. The number of hydrogen-bond donors (Lipinski definition) is 1. The van der Waals surface area contributed by atoms with Crippen molar-refractivity contribution in [1.82, 2.24) is 4.98 Å². The van der Waals surface area contributed by atoms with Crippen molar-refractivity contribution in [2.45, 2.75) is 18.7 Å². The van der Waals surface area contributed by atoms with Gasteiger partial charge < -0.3 is 9.52 Å². The summed E-state index contributed by atoms with van der Waals surface area (Å²) >= 11 is 1.19. The highest BCUT2D eigenvalue weighted by molar-refractivity contribution is 8.14. The zero-order valence-corrected chi connectivity index (χ0v) is 15.7. The molecule has 1 N–H and O–H groups in total. The third-order valence-electron chi connectivity index (χ3n) is 4.32. The molecule has 0 atom stereocenters. The molecule has 0 saturated carbocycles. The molecule has 0 aliphatic heterocycles. The summed E-state index contributed by atoms with van der Waals surface area (Å²) in [6.07, 6.45) is 0. The van der Waals surface area contributed by atoms with Crippen LogP contribution < -0.4 is 0 Å². The Morgan fingerprint density at radius 1 is 1.00 bits per heavy atom. The van der Waals surface area contributed by atoms with Crippen LogP contribution in [0.25, 0.3) is 22.6 Å². The van der Waals surface area contributed by atoms with E-state index in [1.165, 1.54) is 11.8 Å². The Balaban J connectivity index is 1.67. The Hall–Kier alpha value is -3.05. The van der Waals surface area contributed by atoms with Gasteiger partial charge in [-0.3, -0.25) is 4.79 Å². The van der Waals surface area contributed by atoms with Gasteiger partial charge in [0.25, 0.3) is 0 Å². The maximum atomic E-state index is 12.5. The number of aromatic nitrogens is 1. The molecule has 27 heavy (non-hydrogen) atoms. The summed E-state index contributed by atoms with van der Waals surface area (Å²) in [5.41, 5.74) is 4.15. The smallest absolute Gasteiger partial charge is 0.227 e. The number of thioether (sulfide) groups is 1. The lowest BCUT2D eigenvalue weighted by Gasteiger charge is -2.04. The molecule has 4 rings (SSSR count). The Morgan fingerprint density at radius 2 is 1.70 bits per heavy atom. The molecule has 5 heteroatoms. The van der Waals surface area contributed by atoms with Gasteiger partial charge in [-0.15, -0.1) is 0 Å². The highest BCUT2D eigenvalue weighted by Gasteiger charge is 2.14. The topological polar surface area (TPSA) is 63.3 Å². The molecule has 0 amide bonds. The van der Waals surface area contributed by atoms with Gasteiger partial charge in [0, 0.05) is 16.0 Å². The van der Waals surface area contributed by atoms with Gasteiger partial charge in [-0.05, 0) is 79.2 Å². The molecule has 0 radical (unpaired) electrons. The molecule has 4 nitrogen and oxygen atoms in total. The second-order valence-electron chi connectivity index (χ2n) is 6.36. The van der Waals surface area contributed by atoms with Gasteiger partial charge in [0.2, 0.25) is 11.0 Å². The first-order valence-electron chi connectivity index (χ1n) is 8.49. The van der Waals surface area contributed by atoms with Crippen LogP contribution >= 0.6 is 11.8 Å². The van der Waals surface area contributed by atoms with E-state index in [0.29, 0.717) is 22.6 Å². The largest absolute Gasteiger partial charge is 0.507 e. The lowest BCUT2D eigenvalue weighted by Crippen LogP contribution is -1.92. The van der Waals surface area contributed by atoms with Crippen molar-refractivity contribution in [1.29, 1.82) is 0 Å². The predicted octanol–water partition coefficient (Wildman–Crippen LogP) is 5.75. The molecule has 0 unspecified atom stereocenters. The summed E-state index contributed by atoms with van der Waals surface area (Å²) in [6, 6.07) is 18.5. The number of fused-ring (bicyclic) bond motifs is 1. The minimum atomic E-state index is -0.0441. The molecule has 3 aromatic carbocycles. The van der Waals surface area contributed by atoms with Gasteiger partial charge in [-0.1, -0.05) is 18.2 Å². The number of oxazole rings is 1. The van der Waals surface area contributed by atoms with Gasteiger partial charge in [0.05, 0.1) is 0 Å². The van der Waals surface area contributed by atoms with E-state index < -0.39 is 0 Å². The van der Waals surface area contributed by atoms with E-state index in [4.69, 9.17) is 4.42 Å². The number of aromatic hydroxyl groups is 1. The van der Waals surface area contributed by atoms with Crippen LogP contribution in [0.4, 0.5) is 0 Å². The van der Waals surface area contributed by atoms with Gasteiger partial charge in [-0.2, -0.15) is 0 Å². The molecule has 134 valence electrons. The SMILES string of the molecule is Cc1cc(-c2nc3ccc(C(=O)Sc4ccccc4)cc3o2)cc(C)c1O. The number of nitrogens with zero attached hydrogens (tertiary/aromatic N) is 1. The minimum Gasteiger partial charge on any atom is -0.507 e. The number of carbonyl (C=O) groups is 1. The fourth-order valence-electron chi connectivity index (χ4n) is 2.91. The van der Waals surface area contributed by atoms with Gasteiger partial charge >= 0.3 is 0 Å². The highest BCUT2D eigenvalue weighted by atomic mass is 32.2. The zero-order valence-electron chi connectivity index (χ0n) is 14.9. The summed E-state index contributed by atoms with van der Waals surface area (Å²) in [6.45, 7) is 3.68. The maximum absolute atomic E-state index is 12.5. The van der Waals surface area contributed by atoms with E-state index in [9.17, 15) is 9.90 Å². The molecule has 1 heterocycles. The number of carbonyl (C=O) groups excluding carboxylic acids is 1. The molecule has 0 aliphatic rings. The van der Waals surface area contributed by atoms with E-state index >= 15 is 0 Å². The lowest BCUT2D eigenvalue weighted by atomic mass is 10.1. The Morgan fingerprint density at radius 3 is 2.41 bits per heavy atom. The second kappa shape index (κ2) is 6.93. The lowest BCUT2D eigenvalue weighted by molar-refractivity contribution is 0.108. The number of hydrogen-bond acceptors (Lipinski definition) is 5. The number of phenolic OH excluding ortho intramolecular Hbond substituents is 1. The number of rotatable bonds is 3. The first kappa shape index (κ1) is 17.4. The minimum absolute atomic E-state index is 0.0441. The van der Waals surface area contributed by atoms with E-state index in [0.717, 1.165) is 21.6 Å². The van der Waals surface area contributed by atoms with Crippen LogP contribution in [0, 0.1) is 13.8 Å². The summed E-state index contributed by atoms with van der Waals surface area (Å²) in [5.74, 6) is 0.747. The van der Waals surface area contributed by atoms with Crippen LogP contribution in [-0.4, -0.2) is 15.2 Å². The molecular weight excluding hydrogens is 358 g/mol. The van der Waals surface area contributed by atoms with Gasteiger partial charge in [0.1, 0.15) is 11.3 Å². The summed E-state index contributed by atoms with van der Waals surface area (Å²) in [4.78, 5) is 17.9. The molecule has 4 aromatic rings. The molecule has 0 bridgehead atoms. The maximum Gasteiger partial charge on any atom is 0.227 e. The summed E-state index contributed by atoms with van der Waals surface area (Å²) in [5, 5.41) is 9.90. The fourth-order valence-corrected chi connectivity index (χ4v) is 3.66. The van der Waals surface area contributed by atoms with Crippen LogP contribution in [-0.2, 0) is 0 Å². The monoisotopic (exact) mass is 375 g/mol. The fraction of sp³-hybridized carbons (Fsp3) is 0.0909. The first-order chi connectivity index (χ1) is 13.0.